The Morgan fingerprint density at radius 2 is 1.97 bits per heavy atom. The Morgan fingerprint density at radius 1 is 1.23 bits per heavy atom. The van der Waals surface area contributed by atoms with Crippen LogP contribution in [-0.2, 0) is 14.4 Å². The van der Waals surface area contributed by atoms with E-state index in [1.165, 1.54) is 23.5 Å². The van der Waals surface area contributed by atoms with E-state index in [0.29, 0.717) is 6.54 Å². The lowest BCUT2D eigenvalue weighted by Gasteiger charge is -2.35. The van der Waals surface area contributed by atoms with Crippen molar-refractivity contribution in [3.05, 3.63) is 24.3 Å². The molecule has 3 N–H and O–H groups in total. The number of rotatable bonds is 6. The number of likely N-dealkylation sites (tertiary alicyclic amines) is 1. The molecule has 1 aliphatic carbocycles. The second-order valence-corrected chi connectivity index (χ2v) is 9.27. The van der Waals surface area contributed by atoms with Crippen LogP contribution in [0.3, 0.4) is 0 Å². The van der Waals surface area contributed by atoms with Crippen LogP contribution in [0.5, 0.6) is 0 Å². The van der Waals surface area contributed by atoms with Crippen molar-refractivity contribution in [3.63, 3.8) is 0 Å². The molecule has 0 radical (unpaired) electrons. The van der Waals surface area contributed by atoms with E-state index < -0.39 is 41.2 Å². The van der Waals surface area contributed by atoms with Crippen LogP contribution in [0.2, 0.25) is 0 Å². The number of hydrogen-bond donors (Lipinski definition) is 3. The van der Waals surface area contributed by atoms with Crippen LogP contribution in [-0.4, -0.2) is 68.8 Å². The number of carbonyl (C=O) groups excluding carboxylic acids is 3. The van der Waals surface area contributed by atoms with Gasteiger partial charge in [0.15, 0.2) is 0 Å². The van der Waals surface area contributed by atoms with Crippen LogP contribution in [0, 0.1) is 17.3 Å². The van der Waals surface area contributed by atoms with E-state index in [-0.39, 0.29) is 24.1 Å². The number of nitrogens with zero attached hydrogens (tertiary/aromatic N) is 3. The standard InChI is InChI=1S/C21H29N5O5/c1-21(2,3)17(25-15(27)10-24-18(28)14-9-22-7-8-23-14)19(29)26-11-12-5-4-6-13(12)16(26)20(30)31/h7-9,12-13,16-17H,4-6,10-11H2,1-3H3,(H,24,28)(H,25,27)(H,30,31)/t12-,13-,16-,17+/m0/s1. The molecule has 1 saturated heterocycles. The molecule has 3 amide bonds. The normalized spacial score (nSPS) is 23.7. The van der Waals surface area contributed by atoms with Crippen LogP contribution in [0.15, 0.2) is 18.6 Å². The number of carboxylic acid groups (broad SMARTS) is 1. The van der Waals surface area contributed by atoms with Gasteiger partial charge in [0.25, 0.3) is 5.91 Å². The van der Waals surface area contributed by atoms with Crippen LogP contribution in [0.1, 0.15) is 50.5 Å². The summed E-state index contributed by atoms with van der Waals surface area (Å²) in [6.07, 6.45) is 6.77. The zero-order chi connectivity index (χ0) is 22.8. The van der Waals surface area contributed by atoms with Gasteiger partial charge in [-0.15, -0.1) is 0 Å². The summed E-state index contributed by atoms with van der Waals surface area (Å²) >= 11 is 0. The molecule has 0 bridgehead atoms. The second-order valence-electron chi connectivity index (χ2n) is 9.27. The van der Waals surface area contributed by atoms with E-state index in [9.17, 15) is 24.3 Å². The Labute approximate surface area is 180 Å². The van der Waals surface area contributed by atoms with Gasteiger partial charge in [-0.3, -0.25) is 19.4 Å². The number of aliphatic carboxylic acids is 1. The molecule has 31 heavy (non-hydrogen) atoms. The third-order valence-electron chi connectivity index (χ3n) is 6.05. The molecule has 0 spiro atoms. The van der Waals surface area contributed by atoms with Gasteiger partial charge in [-0.2, -0.15) is 0 Å². The van der Waals surface area contributed by atoms with Crippen molar-refractivity contribution < 1.29 is 24.3 Å². The van der Waals surface area contributed by atoms with Crippen LogP contribution in [0.4, 0.5) is 0 Å². The summed E-state index contributed by atoms with van der Waals surface area (Å²) in [6, 6.07) is -1.78. The number of fused-ring (bicyclic) bond motifs is 1. The molecule has 10 heteroatoms. The van der Waals surface area contributed by atoms with Crippen LogP contribution < -0.4 is 10.6 Å². The van der Waals surface area contributed by atoms with Crippen molar-refractivity contribution in [1.29, 1.82) is 0 Å². The maximum atomic E-state index is 13.4. The highest BCUT2D eigenvalue weighted by atomic mass is 16.4. The van der Waals surface area contributed by atoms with Gasteiger partial charge in [0.1, 0.15) is 17.8 Å². The van der Waals surface area contributed by atoms with Crippen molar-refractivity contribution in [2.75, 3.05) is 13.1 Å². The molecular weight excluding hydrogens is 402 g/mol. The molecule has 1 aliphatic heterocycles. The first-order valence-electron chi connectivity index (χ1n) is 10.5. The topological polar surface area (TPSA) is 142 Å². The predicted octanol–water partition coefficient (Wildman–Crippen LogP) is 0.449. The lowest BCUT2D eigenvalue weighted by Crippen LogP contribution is -2.58. The Balaban J connectivity index is 1.67. The lowest BCUT2D eigenvalue weighted by molar-refractivity contribution is -0.152. The number of carboxylic acids is 1. The summed E-state index contributed by atoms with van der Waals surface area (Å²) in [4.78, 5) is 59.0. The summed E-state index contributed by atoms with van der Waals surface area (Å²) in [7, 11) is 0. The summed E-state index contributed by atoms with van der Waals surface area (Å²) in [5, 5.41) is 14.9. The molecule has 3 rings (SSSR count). The number of carbonyl (C=O) groups is 4. The van der Waals surface area contributed by atoms with Gasteiger partial charge in [-0.1, -0.05) is 27.2 Å². The van der Waals surface area contributed by atoms with Crippen molar-refractivity contribution in [2.45, 2.75) is 52.1 Å². The number of aromatic nitrogens is 2. The van der Waals surface area contributed by atoms with E-state index in [1.54, 1.807) is 20.8 Å². The second kappa shape index (κ2) is 8.99. The molecule has 168 valence electrons. The van der Waals surface area contributed by atoms with Gasteiger partial charge >= 0.3 is 5.97 Å². The predicted molar refractivity (Wildman–Crippen MR) is 110 cm³/mol. The molecule has 2 heterocycles. The third-order valence-corrected chi connectivity index (χ3v) is 6.05. The maximum absolute atomic E-state index is 13.4. The first kappa shape index (κ1) is 22.6. The van der Waals surface area contributed by atoms with Crippen LogP contribution >= 0.6 is 0 Å². The number of nitrogens with one attached hydrogen (secondary N) is 2. The highest BCUT2D eigenvalue weighted by Gasteiger charge is 2.51. The van der Waals surface area contributed by atoms with Crippen LogP contribution in [0.25, 0.3) is 0 Å². The van der Waals surface area contributed by atoms with Crippen molar-refractivity contribution in [2.24, 2.45) is 17.3 Å². The molecule has 1 saturated carbocycles. The fourth-order valence-electron chi connectivity index (χ4n) is 4.54. The Kier molecular flexibility index (Phi) is 6.56. The smallest absolute Gasteiger partial charge is 0.326 e. The van der Waals surface area contributed by atoms with Gasteiger partial charge in [-0.25, -0.2) is 9.78 Å². The van der Waals surface area contributed by atoms with E-state index in [0.717, 1.165) is 19.3 Å². The monoisotopic (exact) mass is 431 g/mol. The van der Waals surface area contributed by atoms with Gasteiger partial charge in [0.2, 0.25) is 11.8 Å². The van der Waals surface area contributed by atoms with Gasteiger partial charge in [0, 0.05) is 18.9 Å². The highest BCUT2D eigenvalue weighted by molar-refractivity contribution is 5.96. The minimum atomic E-state index is -1.00. The van der Waals surface area contributed by atoms with Crippen molar-refractivity contribution >= 4 is 23.7 Å². The molecule has 1 aromatic heterocycles. The molecule has 0 aromatic carbocycles. The molecular formula is C21H29N5O5. The minimum absolute atomic E-state index is 0.0379. The molecule has 2 aliphatic rings. The number of hydrogen-bond acceptors (Lipinski definition) is 6. The fourth-order valence-corrected chi connectivity index (χ4v) is 4.54. The lowest BCUT2D eigenvalue weighted by atomic mass is 9.85. The van der Waals surface area contributed by atoms with Crippen molar-refractivity contribution in [1.82, 2.24) is 25.5 Å². The molecule has 4 atom stereocenters. The highest BCUT2D eigenvalue weighted by Crippen LogP contribution is 2.43. The van der Waals surface area contributed by atoms with E-state index >= 15 is 0 Å². The SMILES string of the molecule is CC(C)(C)[C@H](NC(=O)CNC(=O)c1cnccn1)C(=O)N1C[C@@H]2CCC[C@@H]2[C@H]1C(=O)O. The maximum Gasteiger partial charge on any atom is 0.326 e. The first-order chi connectivity index (χ1) is 14.6. The van der Waals surface area contributed by atoms with Gasteiger partial charge in [-0.05, 0) is 30.1 Å². The molecule has 2 fully saturated rings. The van der Waals surface area contributed by atoms with Gasteiger partial charge in [0.05, 0.1) is 12.7 Å². The summed E-state index contributed by atoms with van der Waals surface area (Å²) in [6.45, 7) is 5.47. The summed E-state index contributed by atoms with van der Waals surface area (Å²) in [5.41, 5.74) is -0.575. The quantitative estimate of drug-likeness (QED) is 0.594. The van der Waals surface area contributed by atoms with E-state index in [4.69, 9.17) is 0 Å². The first-order valence-corrected chi connectivity index (χ1v) is 10.5. The Bertz CT molecular complexity index is 853. The number of amides is 3. The zero-order valence-corrected chi connectivity index (χ0v) is 18.0. The Morgan fingerprint density at radius 3 is 2.58 bits per heavy atom. The molecule has 1 aromatic rings. The molecule has 0 unspecified atom stereocenters. The largest absolute Gasteiger partial charge is 0.480 e. The van der Waals surface area contributed by atoms with Gasteiger partial charge < -0.3 is 20.6 Å². The zero-order valence-electron chi connectivity index (χ0n) is 18.0. The third kappa shape index (κ3) is 5.00. The van der Waals surface area contributed by atoms with E-state index in [1.807, 2.05) is 0 Å². The molecule has 10 nitrogen and oxygen atoms in total. The average Bonchev–Trinajstić information content (AvgIpc) is 3.30. The minimum Gasteiger partial charge on any atom is -0.480 e. The van der Waals surface area contributed by atoms with Crippen molar-refractivity contribution in [3.8, 4) is 0 Å². The fraction of sp³-hybridized carbons (Fsp3) is 0.619. The summed E-state index contributed by atoms with van der Waals surface area (Å²) < 4.78 is 0. The summed E-state index contributed by atoms with van der Waals surface area (Å²) in [5.74, 6) is -2.35. The Hall–Kier alpha value is -3.04. The average molecular weight is 431 g/mol. The van der Waals surface area contributed by atoms with E-state index in [2.05, 4.69) is 20.6 Å².